The molecule has 0 aliphatic heterocycles. The Hall–Kier alpha value is -0.0500. The van der Waals surface area contributed by atoms with Gasteiger partial charge in [-0.2, -0.15) is 0 Å². The molecule has 0 saturated heterocycles. The fraction of sp³-hybridized carbons (Fsp3) is 0.625. The lowest BCUT2D eigenvalue weighted by Crippen LogP contribution is -2.33. The Bertz CT molecular complexity index is 400. The van der Waals surface area contributed by atoms with E-state index in [2.05, 4.69) is 34.2 Å². The highest BCUT2D eigenvalue weighted by atomic mass is 79.9. The smallest absolute Gasteiger partial charge is 0.0451 e. The maximum atomic E-state index is 6.23. The molecule has 1 nitrogen and oxygen atoms in total. The van der Waals surface area contributed by atoms with Crippen LogP contribution in [0.15, 0.2) is 22.7 Å². The molecule has 106 valence electrons. The predicted molar refractivity (Wildman–Crippen MR) is 86.6 cm³/mol. The molecule has 1 aromatic carbocycles. The van der Waals surface area contributed by atoms with Crippen LogP contribution in [0.25, 0.3) is 0 Å². The number of hydrogen-bond donors (Lipinski definition) is 1. The van der Waals surface area contributed by atoms with E-state index in [9.17, 15) is 0 Å². The number of nitrogens with one attached hydrogen (secondary N) is 1. The third-order valence-electron chi connectivity index (χ3n) is 4.23. The van der Waals surface area contributed by atoms with Crippen molar-refractivity contribution in [1.82, 2.24) is 5.32 Å². The fourth-order valence-corrected chi connectivity index (χ4v) is 3.52. The fourth-order valence-electron chi connectivity index (χ4n) is 2.93. The summed E-state index contributed by atoms with van der Waals surface area (Å²) < 4.78 is 1.09. The van der Waals surface area contributed by atoms with Crippen molar-refractivity contribution in [1.29, 1.82) is 0 Å². The van der Waals surface area contributed by atoms with Gasteiger partial charge in [-0.25, -0.2) is 0 Å². The lowest BCUT2D eigenvalue weighted by Gasteiger charge is -2.24. The summed E-state index contributed by atoms with van der Waals surface area (Å²) in [7, 11) is 0. The van der Waals surface area contributed by atoms with Crippen LogP contribution in [0.4, 0.5) is 0 Å². The molecule has 0 heterocycles. The van der Waals surface area contributed by atoms with Crippen LogP contribution in [-0.4, -0.2) is 6.04 Å². The monoisotopic (exact) mass is 343 g/mol. The maximum Gasteiger partial charge on any atom is 0.0451 e. The van der Waals surface area contributed by atoms with Crippen LogP contribution >= 0.6 is 27.5 Å². The van der Waals surface area contributed by atoms with Gasteiger partial charge in [-0.3, -0.25) is 0 Å². The second-order valence-electron chi connectivity index (χ2n) is 5.66. The SMILES string of the molecule is C[C@@H](NCc1cc(Br)ccc1Cl)C1CCCCCC1. The summed E-state index contributed by atoms with van der Waals surface area (Å²) in [6.07, 6.45) is 8.38. The molecule has 0 bridgehead atoms. The zero-order valence-electron chi connectivity index (χ0n) is 11.6. The molecule has 0 aromatic heterocycles. The van der Waals surface area contributed by atoms with E-state index in [1.807, 2.05) is 12.1 Å². The zero-order chi connectivity index (χ0) is 13.7. The van der Waals surface area contributed by atoms with Crippen LogP contribution in [0.1, 0.15) is 51.0 Å². The quantitative estimate of drug-likeness (QED) is 0.706. The van der Waals surface area contributed by atoms with Gasteiger partial charge in [-0.1, -0.05) is 53.2 Å². The van der Waals surface area contributed by atoms with Crippen LogP contribution in [-0.2, 0) is 6.54 Å². The molecule has 1 fully saturated rings. The first-order valence-corrected chi connectivity index (χ1v) is 8.51. The van der Waals surface area contributed by atoms with Gasteiger partial charge < -0.3 is 5.32 Å². The van der Waals surface area contributed by atoms with Gasteiger partial charge in [0.25, 0.3) is 0 Å². The molecule has 0 radical (unpaired) electrons. The van der Waals surface area contributed by atoms with Crippen molar-refractivity contribution in [3.05, 3.63) is 33.3 Å². The Morgan fingerprint density at radius 2 is 1.95 bits per heavy atom. The Balaban J connectivity index is 1.88. The third-order valence-corrected chi connectivity index (χ3v) is 5.09. The van der Waals surface area contributed by atoms with Gasteiger partial charge >= 0.3 is 0 Å². The molecule has 1 N–H and O–H groups in total. The molecule has 1 aliphatic carbocycles. The van der Waals surface area contributed by atoms with Crippen LogP contribution in [0.5, 0.6) is 0 Å². The summed E-state index contributed by atoms with van der Waals surface area (Å²) in [5.41, 5.74) is 1.18. The van der Waals surface area contributed by atoms with Crippen molar-refractivity contribution >= 4 is 27.5 Å². The predicted octanol–water partition coefficient (Wildman–Crippen LogP) is 5.55. The van der Waals surface area contributed by atoms with Crippen LogP contribution < -0.4 is 5.32 Å². The molecule has 0 amide bonds. The second-order valence-corrected chi connectivity index (χ2v) is 6.98. The molecule has 3 heteroatoms. The molecular weight excluding hydrogens is 322 g/mol. The number of rotatable bonds is 4. The Kier molecular flexibility index (Phi) is 6.18. The van der Waals surface area contributed by atoms with Crippen molar-refractivity contribution in [2.24, 2.45) is 5.92 Å². The molecule has 0 unspecified atom stereocenters. The largest absolute Gasteiger partial charge is 0.310 e. The lowest BCUT2D eigenvalue weighted by molar-refractivity contribution is 0.336. The third kappa shape index (κ3) is 4.77. The Morgan fingerprint density at radius 3 is 2.63 bits per heavy atom. The van der Waals surface area contributed by atoms with Gasteiger partial charge in [-0.05, 0) is 49.4 Å². The van der Waals surface area contributed by atoms with E-state index in [0.29, 0.717) is 6.04 Å². The lowest BCUT2D eigenvalue weighted by atomic mass is 9.93. The number of hydrogen-bond acceptors (Lipinski definition) is 1. The average Bonchev–Trinajstić information content (AvgIpc) is 2.68. The summed E-state index contributed by atoms with van der Waals surface area (Å²) in [5.74, 6) is 0.827. The second kappa shape index (κ2) is 7.66. The first-order chi connectivity index (χ1) is 9.16. The molecule has 19 heavy (non-hydrogen) atoms. The normalized spacial score (nSPS) is 19.1. The summed E-state index contributed by atoms with van der Waals surface area (Å²) in [5, 5.41) is 4.51. The maximum absolute atomic E-state index is 6.23. The number of halogens is 2. The van der Waals surface area contributed by atoms with Crippen molar-refractivity contribution in [3.63, 3.8) is 0 Å². The molecule has 1 aliphatic rings. The topological polar surface area (TPSA) is 12.0 Å². The van der Waals surface area contributed by atoms with E-state index < -0.39 is 0 Å². The highest BCUT2D eigenvalue weighted by Crippen LogP contribution is 2.26. The summed E-state index contributed by atoms with van der Waals surface area (Å²) in [6.45, 7) is 3.18. The number of benzene rings is 1. The summed E-state index contributed by atoms with van der Waals surface area (Å²) in [4.78, 5) is 0. The molecule has 2 rings (SSSR count). The Labute approximate surface area is 130 Å². The van der Waals surface area contributed by atoms with Crippen molar-refractivity contribution in [3.8, 4) is 0 Å². The van der Waals surface area contributed by atoms with Crippen molar-refractivity contribution in [2.75, 3.05) is 0 Å². The molecule has 1 atom stereocenters. The van der Waals surface area contributed by atoms with Gasteiger partial charge in [0.05, 0.1) is 0 Å². The van der Waals surface area contributed by atoms with E-state index in [1.54, 1.807) is 0 Å². The van der Waals surface area contributed by atoms with Crippen LogP contribution in [0.2, 0.25) is 5.02 Å². The highest BCUT2D eigenvalue weighted by molar-refractivity contribution is 9.10. The molecular formula is C16H23BrClN. The van der Waals surface area contributed by atoms with E-state index in [-0.39, 0.29) is 0 Å². The minimum Gasteiger partial charge on any atom is -0.310 e. The van der Waals surface area contributed by atoms with Gasteiger partial charge in [0.1, 0.15) is 0 Å². The molecule has 0 spiro atoms. The first-order valence-electron chi connectivity index (χ1n) is 7.34. The minimum absolute atomic E-state index is 0.577. The van der Waals surface area contributed by atoms with Gasteiger partial charge in [0, 0.05) is 22.1 Å². The Morgan fingerprint density at radius 1 is 1.26 bits per heavy atom. The average molecular weight is 345 g/mol. The van der Waals surface area contributed by atoms with E-state index in [1.165, 1.54) is 44.1 Å². The van der Waals surface area contributed by atoms with Crippen molar-refractivity contribution in [2.45, 2.75) is 58.0 Å². The van der Waals surface area contributed by atoms with Gasteiger partial charge in [0.15, 0.2) is 0 Å². The van der Waals surface area contributed by atoms with Gasteiger partial charge in [0.2, 0.25) is 0 Å². The first kappa shape index (κ1) is 15.3. The molecule has 1 saturated carbocycles. The standard InChI is InChI=1S/C16H23BrClN/c1-12(13-6-4-2-3-5-7-13)19-11-14-10-15(17)8-9-16(14)18/h8-10,12-13,19H,2-7,11H2,1H3/t12-/m1/s1. The summed E-state index contributed by atoms with van der Waals surface area (Å²) >= 11 is 9.73. The highest BCUT2D eigenvalue weighted by Gasteiger charge is 2.18. The molecule has 1 aromatic rings. The van der Waals surface area contributed by atoms with Crippen LogP contribution in [0.3, 0.4) is 0 Å². The zero-order valence-corrected chi connectivity index (χ0v) is 13.9. The van der Waals surface area contributed by atoms with E-state index >= 15 is 0 Å². The minimum atomic E-state index is 0.577. The van der Waals surface area contributed by atoms with Crippen LogP contribution in [0, 0.1) is 5.92 Å². The van der Waals surface area contributed by atoms with E-state index in [0.717, 1.165) is 22.0 Å². The van der Waals surface area contributed by atoms with E-state index in [4.69, 9.17) is 11.6 Å². The summed E-state index contributed by atoms with van der Waals surface area (Å²) in [6, 6.07) is 6.63. The van der Waals surface area contributed by atoms with Gasteiger partial charge in [-0.15, -0.1) is 0 Å². The van der Waals surface area contributed by atoms with Crippen molar-refractivity contribution < 1.29 is 0 Å².